The van der Waals surface area contributed by atoms with Crippen molar-refractivity contribution in [2.75, 3.05) is 5.32 Å². The molecule has 5 rings (SSSR count). The smallest absolute Gasteiger partial charge is 0.315 e. The molecule has 1 aliphatic carbocycles. The summed E-state index contributed by atoms with van der Waals surface area (Å²) < 4.78 is 1.17. The molecule has 0 bridgehead atoms. The Kier molecular flexibility index (Phi) is 5.75. The van der Waals surface area contributed by atoms with Crippen molar-refractivity contribution in [3.63, 3.8) is 0 Å². The molecule has 0 fully saturated rings. The summed E-state index contributed by atoms with van der Waals surface area (Å²) in [5.74, 6) is 0.799. The first-order valence-corrected chi connectivity index (χ1v) is 12.4. The number of hydrogen-bond acceptors (Lipinski definition) is 7. The van der Waals surface area contributed by atoms with Gasteiger partial charge in [0.2, 0.25) is 0 Å². The predicted molar refractivity (Wildman–Crippen MR) is 133 cm³/mol. The van der Waals surface area contributed by atoms with Crippen molar-refractivity contribution in [2.45, 2.75) is 45.2 Å². The number of amides is 2. The van der Waals surface area contributed by atoms with Crippen molar-refractivity contribution in [2.24, 2.45) is 0 Å². The fourth-order valence-corrected chi connectivity index (χ4v) is 5.59. The average molecular weight is 465 g/mol. The minimum absolute atomic E-state index is 0.0921. The number of urea groups is 1. The van der Waals surface area contributed by atoms with Crippen LogP contribution in [0.3, 0.4) is 0 Å². The number of fused-ring (bicyclic) bond motifs is 2. The van der Waals surface area contributed by atoms with Crippen LogP contribution < -0.4 is 16.0 Å². The summed E-state index contributed by atoms with van der Waals surface area (Å²) in [6.45, 7) is 3.92. The quantitative estimate of drug-likeness (QED) is 0.353. The van der Waals surface area contributed by atoms with E-state index in [9.17, 15) is 4.79 Å². The van der Waals surface area contributed by atoms with Gasteiger partial charge in [0, 0.05) is 22.6 Å². The molecule has 1 atom stereocenters. The van der Waals surface area contributed by atoms with E-state index in [2.05, 4.69) is 49.1 Å². The van der Waals surface area contributed by atoms with Crippen LogP contribution in [0, 0.1) is 0 Å². The molecule has 1 aromatic carbocycles. The van der Waals surface area contributed by atoms with Gasteiger partial charge < -0.3 is 16.0 Å². The normalized spacial score (nSPS) is 16.3. The van der Waals surface area contributed by atoms with E-state index in [1.54, 1.807) is 29.0 Å². The Bertz CT molecular complexity index is 1310. The van der Waals surface area contributed by atoms with Gasteiger partial charge in [0.15, 0.2) is 0 Å². The van der Waals surface area contributed by atoms with E-state index in [0.29, 0.717) is 0 Å². The van der Waals surface area contributed by atoms with Crippen molar-refractivity contribution >= 4 is 66.2 Å². The van der Waals surface area contributed by atoms with Gasteiger partial charge >= 0.3 is 6.03 Å². The Morgan fingerprint density at radius 2 is 2.09 bits per heavy atom. The van der Waals surface area contributed by atoms with Crippen LogP contribution in [0.25, 0.3) is 26.0 Å². The van der Waals surface area contributed by atoms with Gasteiger partial charge in [0.25, 0.3) is 0 Å². The number of thiazole rings is 1. The molecule has 2 amide bonds. The summed E-state index contributed by atoms with van der Waals surface area (Å²) in [4.78, 5) is 27.5. The molecule has 0 radical (unpaired) electrons. The summed E-state index contributed by atoms with van der Waals surface area (Å²) in [7, 11) is 0. The molecule has 4 aromatic rings. The van der Waals surface area contributed by atoms with Crippen LogP contribution in [0.15, 0.2) is 42.2 Å². The Hall–Kier alpha value is -3.04. The zero-order valence-corrected chi connectivity index (χ0v) is 19.5. The van der Waals surface area contributed by atoms with Crippen LogP contribution >= 0.6 is 22.7 Å². The molecular weight excluding hydrogens is 440 g/mol. The number of allylic oxidation sites excluding steroid dienone is 1. The molecule has 1 aliphatic rings. The number of nitrogens with one attached hydrogen (secondary N) is 3. The van der Waals surface area contributed by atoms with E-state index in [4.69, 9.17) is 0 Å². The van der Waals surface area contributed by atoms with Gasteiger partial charge in [-0.1, -0.05) is 6.08 Å². The van der Waals surface area contributed by atoms with Gasteiger partial charge in [-0.25, -0.2) is 19.7 Å². The number of nitrogens with zero attached hydrogens (tertiary/aromatic N) is 3. The molecule has 7 nitrogen and oxygen atoms in total. The summed E-state index contributed by atoms with van der Waals surface area (Å²) >= 11 is 3.32. The zero-order valence-electron chi connectivity index (χ0n) is 17.9. The summed E-state index contributed by atoms with van der Waals surface area (Å²) in [6.07, 6.45) is 6.53. The highest BCUT2D eigenvalue weighted by atomic mass is 32.1. The number of hydrogen-bond donors (Lipinski definition) is 3. The molecule has 0 saturated carbocycles. The van der Waals surface area contributed by atoms with Gasteiger partial charge in [-0.2, -0.15) is 0 Å². The molecule has 3 aromatic heterocycles. The van der Waals surface area contributed by atoms with E-state index in [-0.39, 0.29) is 18.1 Å². The summed E-state index contributed by atoms with van der Waals surface area (Å²) in [5.41, 5.74) is 5.11. The van der Waals surface area contributed by atoms with Crippen LogP contribution in [0.5, 0.6) is 0 Å². The topological polar surface area (TPSA) is 91.8 Å². The minimum Gasteiger partial charge on any atom is -0.340 e. The molecule has 0 saturated heterocycles. The van der Waals surface area contributed by atoms with Crippen LogP contribution in [-0.4, -0.2) is 33.1 Å². The molecular formula is C23H24N6OS2. The summed E-state index contributed by atoms with van der Waals surface area (Å²) in [5, 5.41) is 10.4. The van der Waals surface area contributed by atoms with E-state index in [1.807, 2.05) is 31.5 Å². The molecule has 9 heteroatoms. The Morgan fingerprint density at radius 3 is 2.91 bits per heavy atom. The maximum atomic E-state index is 12.0. The van der Waals surface area contributed by atoms with E-state index >= 15 is 0 Å². The first-order chi connectivity index (χ1) is 15.5. The lowest BCUT2D eigenvalue weighted by Crippen LogP contribution is -2.44. The van der Waals surface area contributed by atoms with E-state index in [0.717, 1.165) is 46.5 Å². The van der Waals surface area contributed by atoms with Gasteiger partial charge in [-0.3, -0.25) is 0 Å². The third-order valence-corrected chi connectivity index (χ3v) is 7.33. The second kappa shape index (κ2) is 8.84. The Balaban J connectivity index is 1.33. The van der Waals surface area contributed by atoms with Crippen molar-refractivity contribution in [3.05, 3.63) is 47.1 Å². The highest BCUT2D eigenvalue weighted by Crippen LogP contribution is 2.37. The molecule has 32 heavy (non-hydrogen) atoms. The molecule has 0 aliphatic heterocycles. The monoisotopic (exact) mass is 464 g/mol. The fourth-order valence-electron chi connectivity index (χ4n) is 3.86. The van der Waals surface area contributed by atoms with Crippen LogP contribution in [-0.2, 0) is 0 Å². The van der Waals surface area contributed by atoms with Gasteiger partial charge in [0.1, 0.15) is 17.0 Å². The standard InChI is InChI=1S/C23H24N6OS2/c1-13(2)27-23(30)29-15-5-3-14(4-6-15)20-10-17-21(24-11-25-22(17)32-20)28-16-7-8-19-18(9-16)26-12-31-19/h3,7-13,15H,4-6H2,1-2H3,(H,24,25,28)(H2,27,29,30). The average Bonchev–Trinajstić information content (AvgIpc) is 3.41. The molecule has 3 heterocycles. The number of benzene rings is 1. The number of thiophene rings is 1. The minimum atomic E-state index is -0.0921. The lowest BCUT2D eigenvalue weighted by atomic mass is 9.94. The summed E-state index contributed by atoms with van der Waals surface area (Å²) in [6, 6.07) is 8.55. The highest BCUT2D eigenvalue weighted by Gasteiger charge is 2.20. The number of anilines is 2. The first-order valence-electron chi connectivity index (χ1n) is 10.7. The molecule has 0 spiro atoms. The third-order valence-electron chi connectivity index (χ3n) is 5.40. The van der Waals surface area contributed by atoms with Crippen LogP contribution in [0.4, 0.5) is 16.3 Å². The molecule has 164 valence electrons. The Morgan fingerprint density at radius 1 is 1.19 bits per heavy atom. The molecule has 1 unspecified atom stereocenters. The SMILES string of the molecule is CC(C)NC(=O)NC1CC=C(c2cc3c(Nc4ccc5scnc5c4)ncnc3s2)CC1. The van der Waals surface area contributed by atoms with Crippen molar-refractivity contribution in [3.8, 4) is 0 Å². The maximum absolute atomic E-state index is 12.0. The van der Waals surface area contributed by atoms with Gasteiger partial charge in [-0.15, -0.1) is 22.7 Å². The zero-order chi connectivity index (χ0) is 22.1. The predicted octanol–water partition coefficient (Wildman–Crippen LogP) is 5.69. The first kappa shape index (κ1) is 20.8. The number of rotatable bonds is 5. The fraction of sp³-hybridized carbons (Fsp3) is 0.304. The number of aromatic nitrogens is 3. The van der Waals surface area contributed by atoms with Crippen LogP contribution in [0.1, 0.15) is 38.0 Å². The van der Waals surface area contributed by atoms with E-state index < -0.39 is 0 Å². The lowest BCUT2D eigenvalue weighted by molar-refractivity contribution is 0.234. The lowest BCUT2D eigenvalue weighted by Gasteiger charge is -2.23. The van der Waals surface area contributed by atoms with Gasteiger partial charge in [0.05, 0.1) is 21.1 Å². The number of carbonyl (C=O) groups is 1. The van der Waals surface area contributed by atoms with Gasteiger partial charge in [-0.05, 0) is 62.9 Å². The Labute approximate surface area is 194 Å². The van der Waals surface area contributed by atoms with Crippen molar-refractivity contribution in [1.29, 1.82) is 0 Å². The largest absolute Gasteiger partial charge is 0.340 e. The molecule has 3 N–H and O–H groups in total. The van der Waals surface area contributed by atoms with Crippen molar-refractivity contribution < 1.29 is 4.79 Å². The van der Waals surface area contributed by atoms with Crippen molar-refractivity contribution in [1.82, 2.24) is 25.6 Å². The van der Waals surface area contributed by atoms with Crippen LogP contribution in [0.2, 0.25) is 0 Å². The second-order valence-electron chi connectivity index (χ2n) is 8.18. The second-order valence-corrected chi connectivity index (χ2v) is 10.1. The number of carbonyl (C=O) groups excluding carboxylic acids is 1. The third kappa shape index (κ3) is 4.44. The van der Waals surface area contributed by atoms with E-state index in [1.165, 1.54) is 15.2 Å². The highest BCUT2D eigenvalue weighted by molar-refractivity contribution is 7.19. The maximum Gasteiger partial charge on any atom is 0.315 e.